The molecule has 0 aliphatic heterocycles. The van der Waals surface area contributed by atoms with E-state index >= 15 is 0 Å². The molecule has 0 aliphatic carbocycles. The number of carbonyl (C=O) groups excluding carboxylic acids is 1. The minimum absolute atomic E-state index is 0.00235. The van der Waals surface area contributed by atoms with Gasteiger partial charge >= 0.3 is 0 Å². The van der Waals surface area contributed by atoms with Gasteiger partial charge in [-0.3, -0.25) is 4.79 Å². The topological polar surface area (TPSA) is 45.8 Å². The maximum Gasteiger partial charge on any atom is 0.137 e. The Labute approximate surface area is 103 Å². The first-order chi connectivity index (χ1) is 8.06. The third kappa shape index (κ3) is 2.71. The van der Waals surface area contributed by atoms with E-state index in [2.05, 4.69) is 9.97 Å². The summed E-state index contributed by atoms with van der Waals surface area (Å²) in [6.07, 6.45) is 1.70. The summed E-state index contributed by atoms with van der Waals surface area (Å²) in [5.74, 6) is 0.136. The minimum atomic E-state index is -0.382. The normalized spacial score (nSPS) is 10.5. The molecule has 0 fully saturated rings. The monoisotopic (exact) mass is 252 g/mol. The Kier molecular flexibility index (Phi) is 3.24. The van der Waals surface area contributed by atoms with Gasteiger partial charge < -0.3 is 4.98 Å². The summed E-state index contributed by atoms with van der Waals surface area (Å²) in [6, 6.07) is 4.29. The largest absolute Gasteiger partial charge is 0.342 e. The highest BCUT2D eigenvalue weighted by Gasteiger charge is 2.09. The number of carbonyl (C=O) groups is 1. The molecule has 2 aromatic rings. The van der Waals surface area contributed by atoms with Crippen molar-refractivity contribution in [2.75, 3.05) is 0 Å². The molecule has 2 rings (SSSR count). The Hall–Kier alpha value is -1.68. The van der Waals surface area contributed by atoms with Crippen molar-refractivity contribution in [3.63, 3.8) is 0 Å². The number of aromatic amines is 1. The van der Waals surface area contributed by atoms with Crippen LogP contribution in [-0.2, 0) is 11.2 Å². The van der Waals surface area contributed by atoms with Gasteiger partial charge in [-0.2, -0.15) is 0 Å². The molecule has 0 radical (unpaired) electrons. The number of aromatic nitrogens is 2. The number of H-pyrrole nitrogens is 1. The molecule has 3 nitrogen and oxygen atoms in total. The second-order valence-electron chi connectivity index (χ2n) is 3.75. The van der Waals surface area contributed by atoms with Gasteiger partial charge in [-0.05, 0) is 25.1 Å². The van der Waals surface area contributed by atoms with E-state index in [0.717, 1.165) is 0 Å². The van der Waals surface area contributed by atoms with Gasteiger partial charge in [-0.15, -0.1) is 0 Å². The van der Waals surface area contributed by atoms with E-state index in [1.807, 2.05) is 0 Å². The van der Waals surface area contributed by atoms with Crippen molar-refractivity contribution in [2.24, 2.45) is 0 Å². The summed E-state index contributed by atoms with van der Waals surface area (Å²) >= 11 is 5.80. The summed E-state index contributed by atoms with van der Waals surface area (Å²) in [5.41, 5.74) is 0.862. The molecule has 0 amide bonds. The third-order valence-corrected chi connectivity index (χ3v) is 2.50. The van der Waals surface area contributed by atoms with Crippen LogP contribution in [-0.4, -0.2) is 15.8 Å². The quantitative estimate of drug-likeness (QED) is 0.913. The van der Waals surface area contributed by atoms with Crippen LogP contribution in [0.4, 0.5) is 4.39 Å². The summed E-state index contributed by atoms with van der Waals surface area (Å²) < 4.78 is 13.6. The number of ketones is 1. The molecule has 88 valence electrons. The standard InChI is InChI=1S/C12H10ClFN2O/c1-7(17)4-12-15-6-11(16-12)9-5-8(13)2-3-10(9)14/h2-3,5-6H,4H2,1H3,(H,15,16). The second-order valence-corrected chi connectivity index (χ2v) is 4.18. The van der Waals surface area contributed by atoms with Crippen molar-refractivity contribution >= 4 is 17.4 Å². The molecule has 1 aromatic heterocycles. The Bertz CT molecular complexity index is 565. The fourth-order valence-electron chi connectivity index (χ4n) is 1.53. The SMILES string of the molecule is CC(=O)Cc1ncc(-c2cc(Cl)ccc2F)[nH]1. The maximum absolute atomic E-state index is 13.6. The molecule has 5 heteroatoms. The van der Waals surface area contributed by atoms with Crippen molar-refractivity contribution in [1.82, 2.24) is 9.97 Å². The summed E-state index contributed by atoms with van der Waals surface area (Å²) in [5, 5.41) is 0.448. The zero-order chi connectivity index (χ0) is 12.4. The zero-order valence-corrected chi connectivity index (χ0v) is 9.88. The van der Waals surface area contributed by atoms with E-state index in [4.69, 9.17) is 11.6 Å². The van der Waals surface area contributed by atoms with Crippen LogP contribution in [0, 0.1) is 5.82 Å². The number of hydrogen-bond acceptors (Lipinski definition) is 2. The third-order valence-electron chi connectivity index (χ3n) is 2.26. The first kappa shape index (κ1) is 11.8. The lowest BCUT2D eigenvalue weighted by atomic mass is 10.1. The Morgan fingerprint density at radius 1 is 1.53 bits per heavy atom. The van der Waals surface area contributed by atoms with Crippen molar-refractivity contribution in [2.45, 2.75) is 13.3 Å². The lowest BCUT2D eigenvalue weighted by molar-refractivity contribution is -0.116. The summed E-state index contributed by atoms with van der Waals surface area (Å²) in [4.78, 5) is 17.8. The molecule has 0 aliphatic rings. The van der Waals surface area contributed by atoms with Gasteiger partial charge in [-0.1, -0.05) is 11.6 Å². The number of Topliss-reactive ketones (excluding diaryl/α,β-unsaturated/α-hetero) is 1. The van der Waals surface area contributed by atoms with Gasteiger partial charge in [0, 0.05) is 10.6 Å². The van der Waals surface area contributed by atoms with Crippen molar-refractivity contribution in [3.05, 3.63) is 41.1 Å². The predicted octanol–water partition coefficient (Wildman–Crippen LogP) is 3.00. The highest BCUT2D eigenvalue weighted by molar-refractivity contribution is 6.30. The van der Waals surface area contributed by atoms with Crippen molar-refractivity contribution < 1.29 is 9.18 Å². The van der Waals surface area contributed by atoms with E-state index in [-0.39, 0.29) is 18.0 Å². The van der Waals surface area contributed by atoms with Crippen LogP contribution in [0.3, 0.4) is 0 Å². The highest BCUT2D eigenvalue weighted by atomic mass is 35.5. The molecule has 17 heavy (non-hydrogen) atoms. The van der Waals surface area contributed by atoms with Crippen molar-refractivity contribution in [3.8, 4) is 11.3 Å². The van der Waals surface area contributed by atoms with Crippen LogP contribution in [0.1, 0.15) is 12.7 Å². The van der Waals surface area contributed by atoms with Crippen LogP contribution in [0.5, 0.6) is 0 Å². The predicted molar refractivity (Wildman–Crippen MR) is 63.4 cm³/mol. The van der Waals surface area contributed by atoms with Crippen LogP contribution >= 0.6 is 11.6 Å². The van der Waals surface area contributed by atoms with Gasteiger partial charge in [0.05, 0.1) is 18.3 Å². The molecule has 1 N–H and O–H groups in total. The average Bonchev–Trinajstić information content (AvgIpc) is 2.69. The smallest absolute Gasteiger partial charge is 0.137 e. The summed E-state index contributed by atoms with van der Waals surface area (Å²) in [7, 11) is 0. The van der Waals surface area contributed by atoms with Crippen LogP contribution < -0.4 is 0 Å². The molecule has 0 spiro atoms. The molecule has 0 saturated heterocycles. The zero-order valence-electron chi connectivity index (χ0n) is 9.13. The first-order valence-electron chi connectivity index (χ1n) is 5.05. The number of imidazole rings is 1. The second kappa shape index (κ2) is 4.67. The van der Waals surface area contributed by atoms with Gasteiger partial charge in [-0.25, -0.2) is 9.37 Å². The molecular weight excluding hydrogens is 243 g/mol. The lowest BCUT2D eigenvalue weighted by Gasteiger charge is -2.00. The van der Waals surface area contributed by atoms with Crippen molar-refractivity contribution in [1.29, 1.82) is 0 Å². The van der Waals surface area contributed by atoms with Crippen LogP contribution in [0.25, 0.3) is 11.3 Å². The fraction of sp³-hybridized carbons (Fsp3) is 0.167. The Morgan fingerprint density at radius 3 is 3.00 bits per heavy atom. The number of nitrogens with zero attached hydrogens (tertiary/aromatic N) is 1. The van der Waals surface area contributed by atoms with E-state index in [9.17, 15) is 9.18 Å². The number of rotatable bonds is 3. The molecule has 0 saturated carbocycles. The average molecular weight is 253 g/mol. The number of halogens is 2. The maximum atomic E-state index is 13.6. The van der Waals surface area contributed by atoms with Gasteiger partial charge in [0.25, 0.3) is 0 Å². The highest BCUT2D eigenvalue weighted by Crippen LogP contribution is 2.24. The van der Waals surface area contributed by atoms with E-state index in [1.54, 1.807) is 0 Å². The number of benzene rings is 1. The van der Waals surface area contributed by atoms with Gasteiger partial charge in [0.2, 0.25) is 0 Å². The molecule has 0 unspecified atom stereocenters. The number of hydrogen-bond donors (Lipinski definition) is 1. The number of nitrogens with one attached hydrogen (secondary N) is 1. The molecule has 0 bridgehead atoms. The molecule has 1 heterocycles. The first-order valence-corrected chi connectivity index (χ1v) is 5.43. The van der Waals surface area contributed by atoms with E-state index < -0.39 is 0 Å². The molecule has 0 atom stereocenters. The van der Waals surface area contributed by atoms with Crippen LogP contribution in [0.2, 0.25) is 5.02 Å². The minimum Gasteiger partial charge on any atom is -0.342 e. The Morgan fingerprint density at radius 2 is 2.29 bits per heavy atom. The summed E-state index contributed by atoms with van der Waals surface area (Å²) in [6.45, 7) is 1.47. The van der Waals surface area contributed by atoms with Crippen LogP contribution in [0.15, 0.2) is 24.4 Å². The lowest BCUT2D eigenvalue weighted by Crippen LogP contribution is -1.98. The molecular formula is C12H10ClFN2O. The van der Waals surface area contributed by atoms with Gasteiger partial charge in [0.1, 0.15) is 17.4 Å². The fourth-order valence-corrected chi connectivity index (χ4v) is 1.70. The van der Waals surface area contributed by atoms with E-state index in [0.29, 0.717) is 22.1 Å². The molecule has 1 aromatic carbocycles. The Balaban J connectivity index is 2.36. The van der Waals surface area contributed by atoms with E-state index in [1.165, 1.54) is 31.3 Å². The van der Waals surface area contributed by atoms with Gasteiger partial charge in [0.15, 0.2) is 0 Å².